The normalized spacial score (nSPS) is 15.8. The molecule has 0 amide bonds. The Morgan fingerprint density at radius 1 is 1.24 bits per heavy atom. The SMILES string of the molecule is Cc1ccc(NC(=S)N2CCC(=O)CC2)cc1. The monoisotopic (exact) mass is 248 g/mol. The van der Waals surface area contributed by atoms with E-state index in [0.717, 1.165) is 18.8 Å². The maximum Gasteiger partial charge on any atom is 0.173 e. The van der Waals surface area contributed by atoms with Gasteiger partial charge in [0.2, 0.25) is 0 Å². The number of hydrogen-bond donors (Lipinski definition) is 1. The van der Waals surface area contributed by atoms with E-state index in [0.29, 0.717) is 23.7 Å². The summed E-state index contributed by atoms with van der Waals surface area (Å²) < 4.78 is 0. The largest absolute Gasteiger partial charge is 0.348 e. The van der Waals surface area contributed by atoms with Gasteiger partial charge in [-0.25, -0.2) is 0 Å². The van der Waals surface area contributed by atoms with Gasteiger partial charge in [0.05, 0.1) is 0 Å². The number of Topliss-reactive ketones (excluding diaryl/α,β-unsaturated/α-hetero) is 1. The minimum atomic E-state index is 0.333. The molecule has 0 unspecified atom stereocenters. The summed E-state index contributed by atoms with van der Waals surface area (Å²) in [7, 11) is 0. The molecule has 1 fully saturated rings. The Labute approximate surface area is 107 Å². The molecule has 1 aromatic rings. The average Bonchev–Trinajstić information content (AvgIpc) is 2.33. The zero-order chi connectivity index (χ0) is 12.3. The molecule has 0 aliphatic carbocycles. The van der Waals surface area contributed by atoms with Gasteiger partial charge >= 0.3 is 0 Å². The van der Waals surface area contributed by atoms with Crippen LogP contribution in [0.5, 0.6) is 0 Å². The standard InChI is InChI=1S/C13H16N2OS/c1-10-2-4-11(5-3-10)14-13(17)15-8-6-12(16)7-9-15/h2-5H,6-9H2,1H3,(H,14,17). The molecule has 17 heavy (non-hydrogen) atoms. The first-order chi connectivity index (χ1) is 8.15. The number of hydrogen-bond acceptors (Lipinski definition) is 2. The van der Waals surface area contributed by atoms with Gasteiger partial charge in [-0.15, -0.1) is 0 Å². The van der Waals surface area contributed by atoms with Gasteiger partial charge < -0.3 is 10.2 Å². The molecule has 1 aromatic carbocycles. The van der Waals surface area contributed by atoms with E-state index in [1.165, 1.54) is 5.56 Å². The first-order valence-corrected chi connectivity index (χ1v) is 6.20. The number of nitrogens with zero attached hydrogens (tertiary/aromatic N) is 1. The predicted octanol–water partition coefficient (Wildman–Crippen LogP) is 2.36. The smallest absolute Gasteiger partial charge is 0.173 e. The lowest BCUT2D eigenvalue weighted by atomic mass is 10.1. The number of nitrogens with one attached hydrogen (secondary N) is 1. The third-order valence-electron chi connectivity index (χ3n) is 2.91. The molecule has 2 rings (SSSR count). The van der Waals surface area contributed by atoms with Crippen LogP contribution in [0.1, 0.15) is 18.4 Å². The summed E-state index contributed by atoms with van der Waals surface area (Å²) >= 11 is 5.33. The van der Waals surface area contributed by atoms with Crippen molar-refractivity contribution in [2.75, 3.05) is 18.4 Å². The maximum absolute atomic E-state index is 11.1. The zero-order valence-electron chi connectivity index (χ0n) is 9.90. The predicted molar refractivity (Wildman–Crippen MR) is 73.2 cm³/mol. The van der Waals surface area contributed by atoms with Crippen LogP contribution in [0.4, 0.5) is 5.69 Å². The van der Waals surface area contributed by atoms with Crippen LogP contribution >= 0.6 is 12.2 Å². The lowest BCUT2D eigenvalue weighted by Gasteiger charge is -2.28. The van der Waals surface area contributed by atoms with E-state index in [-0.39, 0.29) is 0 Å². The molecule has 0 bridgehead atoms. The number of benzene rings is 1. The summed E-state index contributed by atoms with van der Waals surface area (Å²) in [4.78, 5) is 13.2. The molecule has 0 spiro atoms. The van der Waals surface area contributed by atoms with Crippen molar-refractivity contribution in [1.29, 1.82) is 0 Å². The lowest BCUT2D eigenvalue weighted by Crippen LogP contribution is -2.40. The number of likely N-dealkylation sites (tertiary alicyclic amines) is 1. The number of ketones is 1. The van der Waals surface area contributed by atoms with Crippen LogP contribution in [0.3, 0.4) is 0 Å². The molecular weight excluding hydrogens is 232 g/mol. The summed E-state index contributed by atoms with van der Waals surface area (Å²) in [6.45, 7) is 3.52. The Morgan fingerprint density at radius 3 is 2.41 bits per heavy atom. The van der Waals surface area contributed by atoms with Crippen molar-refractivity contribution in [3.63, 3.8) is 0 Å². The van der Waals surface area contributed by atoms with Crippen molar-refractivity contribution in [2.24, 2.45) is 0 Å². The molecule has 1 saturated heterocycles. The highest BCUT2D eigenvalue weighted by Gasteiger charge is 2.18. The Hall–Kier alpha value is -1.42. The van der Waals surface area contributed by atoms with Gasteiger partial charge in [-0.05, 0) is 31.3 Å². The molecule has 0 aromatic heterocycles. The van der Waals surface area contributed by atoms with Gasteiger partial charge in [-0.1, -0.05) is 17.7 Å². The molecule has 1 N–H and O–H groups in total. The first kappa shape index (κ1) is 12.0. The minimum Gasteiger partial charge on any atom is -0.348 e. The highest BCUT2D eigenvalue weighted by atomic mass is 32.1. The van der Waals surface area contributed by atoms with E-state index in [1.807, 2.05) is 24.3 Å². The number of carbonyl (C=O) groups excluding carboxylic acids is 1. The van der Waals surface area contributed by atoms with Crippen LogP contribution in [-0.2, 0) is 4.79 Å². The van der Waals surface area contributed by atoms with E-state index in [9.17, 15) is 4.79 Å². The molecule has 0 radical (unpaired) electrons. The Morgan fingerprint density at radius 2 is 1.82 bits per heavy atom. The van der Waals surface area contributed by atoms with Gasteiger partial charge in [0.1, 0.15) is 5.78 Å². The van der Waals surface area contributed by atoms with Crippen molar-refractivity contribution in [1.82, 2.24) is 4.90 Å². The topological polar surface area (TPSA) is 32.3 Å². The quantitative estimate of drug-likeness (QED) is 0.773. The Balaban J connectivity index is 1.92. The number of piperidine rings is 1. The van der Waals surface area contributed by atoms with Crippen molar-refractivity contribution in [2.45, 2.75) is 19.8 Å². The summed E-state index contributed by atoms with van der Waals surface area (Å²) in [5.41, 5.74) is 2.22. The molecule has 1 heterocycles. The van der Waals surface area contributed by atoms with Crippen LogP contribution in [-0.4, -0.2) is 28.9 Å². The number of carbonyl (C=O) groups is 1. The summed E-state index contributed by atoms with van der Waals surface area (Å²) in [5, 5.41) is 3.91. The molecular formula is C13H16N2OS. The van der Waals surface area contributed by atoms with Crippen LogP contribution in [0.15, 0.2) is 24.3 Å². The second-order valence-corrected chi connectivity index (χ2v) is 4.71. The van der Waals surface area contributed by atoms with E-state index in [2.05, 4.69) is 17.1 Å². The number of anilines is 1. The van der Waals surface area contributed by atoms with Gasteiger partial charge in [0, 0.05) is 31.6 Å². The first-order valence-electron chi connectivity index (χ1n) is 5.79. The van der Waals surface area contributed by atoms with Gasteiger partial charge in [-0.3, -0.25) is 4.79 Å². The van der Waals surface area contributed by atoms with Crippen LogP contribution in [0, 0.1) is 6.92 Å². The number of thiocarbonyl (C=S) groups is 1. The lowest BCUT2D eigenvalue weighted by molar-refractivity contribution is -0.120. The number of aryl methyl sites for hydroxylation is 1. The van der Waals surface area contributed by atoms with Crippen molar-refractivity contribution in [3.05, 3.63) is 29.8 Å². The molecule has 0 atom stereocenters. The summed E-state index contributed by atoms with van der Waals surface area (Å²) in [6.07, 6.45) is 1.21. The average molecular weight is 248 g/mol. The molecule has 3 nitrogen and oxygen atoms in total. The molecule has 1 aliphatic rings. The van der Waals surface area contributed by atoms with Gasteiger partial charge in [0.15, 0.2) is 5.11 Å². The fourth-order valence-electron chi connectivity index (χ4n) is 1.80. The van der Waals surface area contributed by atoms with Crippen molar-refractivity contribution >= 4 is 28.8 Å². The third kappa shape index (κ3) is 3.27. The molecule has 0 saturated carbocycles. The second kappa shape index (κ2) is 5.27. The van der Waals surface area contributed by atoms with Crippen LogP contribution < -0.4 is 5.32 Å². The van der Waals surface area contributed by atoms with Crippen molar-refractivity contribution < 1.29 is 4.79 Å². The van der Waals surface area contributed by atoms with Crippen LogP contribution in [0.25, 0.3) is 0 Å². The fraction of sp³-hybridized carbons (Fsp3) is 0.385. The zero-order valence-corrected chi connectivity index (χ0v) is 10.7. The van der Waals surface area contributed by atoms with Crippen LogP contribution in [0.2, 0.25) is 0 Å². The highest BCUT2D eigenvalue weighted by Crippen LogP contribution is 2.12. The summed E-state index contributed by atoms with van der Waals surface area (Å²) in [5.74, 6) is 0.333. The second-order valence-electron chi connectivity index (χ2n) is 4.32. The van der Waals surface area contributed by atoms with E-state index in [4.69, 9.17) is 12.2 Å². The molecule has 1 aliphatic heterocycles. The van der Waals surface area contributed by atoms with E-state index >= 15 is 0 Å². The minimum absolute atomic E-state index is 0.333. The van der Waals surface area contributed by atoms with E-state index < -0.39 is 0 Å². The summed E-state index contributed by atoms with van der Waals surface area (Å²) in [6, 6.07) is 8.11. The van der Waals surface area contributed by atoms with E-state index in [1.54, 1.807) is 0 Å². The number of rotatable bonds is 1. The third-order valence-corrected chi connectivity index (χ3v) is 3.27. The van der Waals surface area contributed by atoms with Crippen molar-refractivity contribution in [3.8, 4) is 0 Å². The van der Waals surface area contributed by atoms with Gasteiger partial charge in [-0.2, -0.15) is 0 Å². The molecule has 90 valence electrons. The van der Waals surface area contributed by atoms with Gasteiger partial charge in [0.25, 0.3) is 0 Å². The Kier molecular flexibility index (Phi) is 3.74. The highest BCUT2D eigenvalue weighted by molar-refractivity contribution is 7.80. The Bertz CT molecular complexity index is 418. The molecule has 4 heteroatoms. The fourth-order valence-corrected chi connectivity index (χ4v) is 2.10. The maximum atomic E-state index is 11.1.